The SMILES string of the molecule is CCC(NS(=O)(=O)CCC(C)C)C(N)=S. The molecule has 0 bridgehead atoms. The molecule has 0 saturated heterocycles. The number of sulfonamides is 1. The lowest BCUT2D eigenvalue weighted by atomic mass is 10.2. The Hall–Kier alpha value is -0.200. The molecule has 4 nitrogen and oxygen atoms in total. The first-order chi connectivity index (χ1) is 6.78. The largest absolute Gasteiger partial charge is 0.392 e. The van der Waals surface area contributed by atoms with E-state index in [0.29, 0.717) is 18.8 Å². The quantitative estimate of drug-likeness (QED) is 0.664. The van der Waals surface area contributed by atoms with E-state index in [1.807, 2.05) is 20.8 Å². The molecule has 0 fully saturated rings. The van der Waals surface area contributed by atoms with Gasteiger partial charge in [0.05, 0.1) is 16.8 Å². The number of hydrogen-bond acceptors (Lipinski definition) is 3. The van der Waals surface area contributed by atoms with Gasteiger partial charge in [0, 0.05) is 0 Å². The predicted octanol–water partition coefficient (Wildman–Crippen LogP) is 1.02. The van der Waals surface area contributed by atoms with E-state index in [4.69, 9.17) is 18.0 Å². The molecule has 0 aromatic rings. The molecule has 0 aliphatic carbocycles. The van der Waals surface area contributed by atoms with Crippen LogP contribution in [-0.4, -0.2) is 25.2 Å². The standard InChI is InChI=1S/C9H20N2O2S2/c1-4-8(9(10)14)11-15(12,13)6-5-7(2)3/h7-8,11H,4-6H2,1-3H3,(H2,10,14). The highest BCUT2D eigenvalue weighted by molar-refractivity contribution is 7.89. The molecule has 0 aromatic carbocycles. The molecule has 90 valence electrons. The van der Waals surface area contributed by atoms with E-state index in [2.05, 4.69) is 4.72 Å². The van der Waals surface area contributed by atoms with Crippen molar-refractivity contribution in [3.05, 3.63) is 0 Å². The van der Waals surface area contributed by atoms with Gasteiger partial charge in [-0.2, -0.15) is 0 Å². The molecule has 0 amide bonds. The van der Waals surface area contributed by atoms with Crippen molar-refractivity contribution in [1.29, 1.82) is 0 Å². The summed E-state index contributed by atoms with van der Waals surface area (Å²) in [5, 5.41) is 0. The molecule has 0 rings (SSSR count). The van der Waals surface area contributed by atoms with Gasteiger partial charge in [-0.05, 0) is 18.8 Å². The van der Waals surface area contributed by atoms with Crippen LogP contribution in [0, 0.1) is 5.92 Å². The van der Waals surface area contributed by atoms with Crippen LogP contribution in [0.15, 0.2) is 0 Å². The average Bonchev–Trinajstić information content (AvgIpc) is 2.11. The molecule has 1 unspecified atom stereocenters. The first-order valence-corrected chi connectivity index (χ1v) is 7.14. The molecule has 0 aliphatic heterocycles. The summed E-state index contributed by atoms with van der Waals surface area (Å²) in [6, 6.07) is -0.419. The van der Waals surface area contributed by atoms with E-state index in [1.54, 1.807) is 0 Å². The predicted molar refractivity (Wildman–Crippen MR) is 67.2 cm³/mol. The van der Waals surface area contributed by atoms with E-state index in [-0.39, 0.29) is 10.7 Å². The topological polar surface area (TPSA) is 72.2 Å². The Labute approximate surface area is 97.7 Å². The fourth-order valence-electron chi connectivity index (χ4n) is 1.01. The molecule has 1 atom stereocenters. The van der Waals surface area contributed by atoms with E-state index in [9.17, 15) is 8.42 Å². The van der Waals surface area contributed by atoms with Gasteiger partial charge in [-0.15, -0.1) is 0 Å². The number of hydrogen-bond donors (Lipinski definition) is 2. The fraction of sp³-hybridized carbons (Fsp3) is 0.889. The summed E-state index contributed by atoms with van der Waals surface area (Å²) in [4.78, 5) is 0.200. The van der Waals surface area contributed by atoms with Gasteiger partial charge in [0.25, 0.3) is 0 Å². The van der Waals surface area contributed by atoms with Crippen LogP contribution < -0.4 is 10.5 Å². The molecular weight excluding hydrogens is 232 g/mol. The Morgan fingerprint density at radius 3 is 2.33 bits per heavy atom. The minimum absolute atomic E-state index is 0.129. The second kappa shape index (κ2) is 6.40. The van der Waals surface area contributed by atoms with E-state index in [0.717, 1.165) is 0 Å². The van der Waals surface area contributed by atoms with Crippen molar-refractivity contribution in [1.82, 2.24) is 4.72 Å². The van der Waals surface area contributed by atoms with Crippen molar-refractivity contribution in [2.24, 2.45) is 11.7 Å². The summed E-state index contributed by atoms with van der Waals surface area (Å²) in [5.74, 6) is 0.496. The van der Waals surface area contributed by atoms with Crippen molar-refractivity contribution in [2.45, 2.75) is 39.7 Å². The number of thiocarbonyl (C=S) groups is 1. The van der Waals surface area contributed by atoms with Gasteiger partial charge in [-0.3, -0.25) is 0 Å². The molecule has 0 aliphatic rings. The molecule has 15 heavy (non-hydrogen) atoms. The van der Waals surface area contributed by atoms with Gasteiger partial charge >= 0.3 is 0 Å². The van der Waals surface area contributed by atoms with Crippen molar-refractivity contribution in [2.75, 3.05) is 5.75 Å². The maximum Gasteiger partial charge on any atom is 0.212 e. The first kappa shape index (κ1) is 14.8. The molecule has 0 saturated carbocycles. The summed E-state index contributed by atoms with van der Waals surface area (Å²) in [6.45, 7) is 5.82. The van der Waals surface area contributed by atoms with Crippen LogP contribution in [0.4, 0.5) is 0 Å². The third-order valence-corrected chi connectivity index (χ3v) is 3.74. The van der Waals surface area contributed by atoms with Gasteiger partial charge in [-0.25, -0.2) is 13.1 Å². The second-order valence-electron chi connectivity index (χ2n) is 3.98. The van der Waals surface area contributed by atoms with Crippen LogP contribution in [0.3, 0.4) is 0 Å². The summed E-state index contributed by atoms with van der Waals surface area (Å²) in [6.07, 6.45) is 1.22. The van der Waals surface area contributed by atoms with Crippen LogP contribution >= 0.6 is 12.2 Å². The van der Waals surface area contributed by atoms with Crippen LogP contribution in [0.2, 0.25) is 0 Å². The lowest BCUT2D eigenvalue weighted by molar-refractivity contribution is 0.555. The molecule has 0 aromatic heterocycles. The number of rotatable bonds is 7. The van der Waals surface area contributed by atoms with Gasteiger partial charge in [0.2, 0.25) is 10.0 Å². The lowest BCUT2D eigenvalue weighted by Crippen LogP contribution is -2.43. The maximum atomic E-state index is 11.6. The zero-order chi connectivity index (χ0) is 12.1. The van der Waals surface area contributed by atoms with Crippen molar-refractivity contribution in [3.8, 4) is 0 Å². The molecule has 0 spiro atoms. The van der Waals surface area contributed by atoms with Crippen LogP contribution in [0.5, 0.6) is 0 Å². The number of nitrogens with two attached hydrogens (primary N) is 1. The van der Waals surface area contributed by atoms with Crippen LogP contribution in [0.1, 0.15) is 33.6 Å². The Morgan fingerprint density at radius 2 is 2.00 bits per heavy atom. The summed E-state index contributed by atoms with van der Waals surface area (Å²) in [7, 11) is -3.25. The highest BCUT2D eigenvalue weighted by atomic mass is 32.2. The Morgan fingerprint density at radius 1 is 1.47 bits per heavy atom. The van der Waals surface area contributed by atoms with Gasteiger partial charge < -0.3 is 5.73 Å². The molecule has 3 N–H and O–H groups in total. The van der Waals surface area contributed by atoms with Crippen LogP contribution in [-0.2, 0) is 10.0 Å². The summed E-state index contributed by atoms with van der Waals surface area (Å²) < 4.78 is 25.7. The maximum absolute atomic E-state index is 11.6. The monoisotopic (exact) mass is 252 g/mol. The third-order valence-electron chi connectivity index (χ3n) is 2.04. The molecular formula is C9H20N2O2S2. The van der Waals surface area contributed by atoms with Crippen molar-refractivity contribution >= 4 is 27.2 Å². The zero-order valence-electron chi connectivity index (χ0n) is 9.49. The normalized spacial score (nSPS) is 14.1. The fourth-order valence-corrected chi connectivity index (χ4v) is 2.94. The Bertz CT molecular complexity index is 299. The molecule has 0 radical (unpaired) electrons. The van der Waals surface area contributed by atoms with E-state index < -0.39 is 16.1 Å². The van der Waals surface area contributed by atoms with Gasteiger partial charge in [0.1, 0.15) is 0 Å². The third kappa shape index (κ3) is 6.81. The molecule has 0 heterocycles. The van der Waals surface area contributed by atoms with Crippen molar-refractivity contribution < 1.29 is 8.42 Å². The smallest absolute Gasteiger partial charge is 0.212 e. The lowest BCUT2D eigenvalue weighted by Gasteiger charge is -2.15. The average molecular weight is 252 g/mol. The second-order valence-corrected chi connectivity index (χ2v) is 6.33. The Kier molecular flexibility index (Phi) is 6.31. The van der Waals surface area contributed by atoms with E-state index >= 15 is 0 Å². The minimum atomic E-state index is -3.25. The Balaban J connectivity index is 4.30. The van der Waals surface area contributed by atoms with Crippen molar-refractivity contribution in [3.63, 3.8) is 0 Å². The highest BCUT2D eigenvalue weighted by Gasteiger charge is 2.18. The van der Waals surface area contributed by atoms with Gasteiger partial charge in [-0.1, -0.05) is 33.0 Å². The summed E-state index contributed by atoms with van der Waals surface area (Å²) in [5.41, 5.74) is 5.41. The first-order valence-electron chi connectivity index (χ1n) is 5.07. The van der Waals surface area contributed by atoms with E-state index in [1.165, 1.54) is 0 Å². The number of nitrogens with one attached hydrogen (secondary N) is 1. The minimum Gasteiger partial charge on any atom is -0.392 e. The summed E-state index contributed by atoms with van der Waals surface area (Å²) >= 11 is 4.77. The highest BCUT2D eigenvalue weighted by Crippen LogP contribution is 2.03. The zero-order valence-corrected chi connectivity index (χ0v) is 11.1. The molecule has 6 heteroatoms. The van der Waals surface area contributed by atoms with Gasteiger partial charge in [0.15, 0.2) is 0 Å². The van der Waals surface area contributed by atoms with Crippen LogP contribution in [0.25, 0.3) is 0 Å².